The summed E-state index contributed by atoms with van der Waals surface area (Å²) < 4.78 is 4.56. The number of imidazole rings is 1. The van der Waals surface area contributed by atoms with E-state index in [4.69, 9.17) is 4.98 Å². The molecule has 0 amide bonds. The van der Waals surface area contributed by atoms with Crippen LogP contribution < -0.4 is 4.90 Å². The van der Waals surface area contributed by atoms with Crippen LogP contribution in [0.4, 0.5) is 5.82 Å². The summed E-state index contributed by atoms with van der Waals surface area (Å²) >= 11 is 3.46. The molecule has 4 heterocycles. The van der Waals surface area contributed by atoms with Crippen molar-refractivity contribution in [2.75, 3.05) is 4.90 Å². The van der Waals surface area contributed by atoms with Crippen LogP contribution in [0.1, 0.15) is 50.9 Å². The second-order valence-corrected chi connectivity index (χ2v) is 7.48. The molecule has 1 saturated carbocycles. The first-order valence-electron chi connectivity index (χ1n) is 9.02. The quantitative estimate of drug-likeness (QED) is 0.654. The molecule has 9 heteroatoms. The van der Waals surface area contributed by atoms with Gasteiger partial charge in [-0.05, 0) is 35.2 Å². The molecule has 5 rings (SSSR count). The van der Waals surface area contributed by atoms with Gasteiger partial charge in [-0.25, -0.2) is 9.97 Å². The van der Waals surface area contributed by atoms with Gasteiger partial charge in [-0.3, -0.25) is 9.13 Å². The van der Waals surface area contributed by atoms with E-state index in [1.807, 2.05) is 21.5 Å². The predicted molar refractivity (Wildman–Crippen MR) is 99.5 cm³/mol. The van der Waals surface area contributed by atoms with E-state index in [1.165, 1.54) is 25.7 Å². The number of hydrogen-bond donors (Lipinski definition) is 0. The number of anilines is 1. The molecule has 1 unspecified atom stereocenters. The molecule has 134 valence electrons. The Bertz CT molecular complexity index is 942. The number of fused-ring (bicyclic) bond motifs is 3. The van der Waals surface area contributed by atoms with Gasteiger partial charge in [0.05, 0.1) is 12.2 Å². The Morgan fingerprint density at radius 2 is 2.04 bits per heavy atom. The molecule has 26 heavy (non-hydrogen) atoms. The summed E-state index contributed by atoms with van der Waals surface area (Å²) in [5, 5.41) is 8.57. The van der Waals surface area contributed by atoms with Crippen LogP contribution in [0.2, 0.25) is 0 Å². The molecule has 8 nitrogen and oxygen atoms in total. The summed E-state index contributed by atoms with van der Waals surface area (Å²) in [6.45, 7) is 2.20. The van der Waals surface area contributed by atoms with Crippen LogP contribution in [0, 0.1) is 0 Å². The van der Waals surface area contributed by atoms with Crippen molar-refractivity contribution in [2.24, 2.45) is 0 Å². The third kappa shape index (κ3) is 2.29. The van der Waals surface area contributed by atoms with Crippen molar-refractivity contribution in [3.63, 3.8) is 0 Å². The average Bonchev–Trinajstić information content (AvgIpc) is 3.41. The largest absolute Gasteiger partial charge is 0.341 e. The van der Waals surface area contributed by atoms with E-state index in [1.54, 1.807) is 12.5 Å². The minimum Gasteiger partial charge on any atom is -0.341 e. The Balaban J connectivity index is 1.71. The maximum absolute atomic E-state index is 4.95. The van der Waals surface area contributed by atoms with Gasteiger partial charge in [-0.2, -0.15) is 4.98 Å². The number of hydrogen-bond acceptors (Lipinski definition) is 6. The molecule has 3 aromatic heterocycles. The van der Waals surface area contributed by atoms with Crippen LogP contribution in [-0.2, 0) is 0 Å². The zero-order chi connectivity index (χ0) is 17.7. The lowest BCUT2D eigenvalue weighted by atomic mass is 10.0. The van der Waals surface area contributed by atoms with Crippen LogP contribution in [0.5, 0.6) is 0 Å². The summed E-state index contributed by atoms with van der Waals surface area (Å²) in [7, 11) is 0. The Labute approximate surface area is 159 Å². The van der Waals surface area contributed by atoms with Gasteiger partial charge in [0.2, 0.25) is 5.95 Å². The zero-order valence-electron chi connectivity index (χ0n) is 14.5. The molecule has 0 spiro atoms. The van der Waals surface area contributed by atoms with E-state index in [2.05, 4.69) is 47.9 Å². The van der Waals surface area contributed by atoms with Gasteiger partial charge in [0.15, 0.2) is 16.4 Å². The molecule has 0 bridgehead atoms. The molecular weight excluding hydrogens is 396 g/mol. The topological polar surface area (TPSA) is 77.5 Å². The van der Waals surface area contributed by atoms with Crippen molar-refractivity contribution in [3.8, 4) is 11.6 Å². The number of nitrogens with zero attached hydrogens (tertiary/aromatic N) is 8. The highest BCUT2D eigenvalue weighted by Crippen LogP contribution is 2.42. The van der Waals surface area contributed by atoms with Crippen LogP contribution in [-0.4, -0.2) is 40.3 Å². The molecule has 1 atom stereocenters. The molecule has 1 aliphatic carbocycles. The first-order valence-corrected chi connectivity index (χ1v) is 9.82. The predicted octanol–water partition coefficient (Wildman–Crippen LogP) is 3.22. The molecule has 0 saturated heterocycles. The maximum atomic E-state index is 4.95. The van der Waals surface area contributed by atoms with Gasteiger partial charge < -0.3 is 4.90 Å². The molecule has 3 aromatic rings. The molecule has 0 N–H and O–H groups in total. The molecule has 1 aliphatic heterocycles. The van der Waals surface area contributed by atoms with E-state index in [0.717, 1.165) is 23.8 Å². The highest BCUT2D eigenvalue weighted by atomic mass is 79.9. The minimum atomic E-state index is 0.182. The second-order valence-electron chi connectivity index (χ2n) is 6.77. The average molecular weight is 415 g/mol. The lowest BCUT2D eigenvalue weighted by Crippen LogP contribution is -2.42. The van der Waals surface area contributed by atoms with Crippen molar-refractivity contribution < 1.29 is 0 Å². The third-order valence-electron chi connectivity index (χ3n) is 5.37. The Morgan fingerprint density at radius 1 is 1.19 bits per heavy atom. The first kappa shape index (κ1) is 15.9. The van der Waals surface area contributed by atoms with Crippen molar-refractivity contribution >= 4 is 21.7 Å². The fourth-order valence-corrected chi connectivity index (χ4v) is 4.58. The molecule has 0 aromatic carbocycles. The van der Waals surface area contributed by atoms with Crippen molar-refractivity contribution in [1.82, 2.24) is 34.3 Å². The highest BCUT2D eigenvalue weighted by Gasteiger charge is 2.38. The van der Waals surface area contributed by atoms with E-state index < -0.39 is 0 Å². The smallest absolute Gasteiger partial charge is 0.237 e. The highest BCUT2D eigenvalue weighted by molar-refractivity contribution is 9.10. The number of rotatable bonds is 3. The van der Waals surface area contributed by atoms with Crippen molar-refractivity contribution in [1.29, 1.82) is 0 Å². The van der Waals surface area contributed by atoms with Crippen LogP contribution in [0.3, 0.4) is 0 Å². The summed E-state index contributed by atoms with van der Waals surface area (Å²) in [5.74, 6) is 2.55. The van der Waals surface area contributed by atoms with E-state index in [-0.39, 0.29) is 6.04 Å². The minimum absolute atomic E-state index is 0.182. The van der Waals surface area contributed by atoms with Crippen LogP contribution in [0.15, 0.2) is 29.7 Å². The maximum Gasteiger partial charge on any atom is 0.237 e. The summed E-state index contributed by atoms with van der Waals surface area (Å²) in [5.41, 5.74) is 0.946. The zero-order valence-corrected chi connectivity index (χ0v) is 16.0. The summed E-state index contributed by atoms with van der Waals surface area (Å²) in [6.07, 6.45) is 13.1. The standard InChI is InChI=1S/C17H19BrN8/c1-2-12-15-23-21-10-25(15)13-9-20-17(24-8-7-19-16(24)18)22-14(13)26(12)11-5-3-4-6-11/h7-12H,2-6H2,1H3. The van der Waals surface area contributed by atoms with Gasteiger partial charge in [0.1, 0.15) is 12.0 Å². The van der Waals surface area contributed by atoms with Gasteiger partial charge in [0.25, 0.3) is 0 Å². The SMILES string of the molecule is CCC1c2nncn2-c2cnc(-n3ccnc3Br)nc2N1C1CCCC1. The number of aromatic nitrogens is 7. The van der Waals surface area contributed by atoms with Gasteiger partial charge in [-0.1, -0.05) is 19.8 Å². The van der Waals surface area contributed by atoms with Gasteiger partial charge in [-0.15, -0.1) is 10.2 Å². The molecule has 1 fully saturated rings. The van der Waals surface area contributed by atoms with Crippen molar-refractivity contribution in [3.05, 3.63) is 35.5 Å². The van der Waals surface area contributed by atoms with Crippen LogP contribution >= 0.6 is 15.9 Å². The lowest BCUT2D eigenvalue weighted by molar-refractivity contribution is 0.468. The molecule has 2 aliphatic rings. The monoisotopic (exact) mass is 414 g/mol. The van der Waals surface area contributed by atoms with E-state index in [0.29, 0.717) is 16.7 Å². The molecular formula is C17H19BrN8. The summed E-state index contributed by atoms with van der Waals surface area (Å²) in [6, 6.07) is 0.667. The summed E-state index contributed by atoms with van der Waals surface area (Å²) in [4.78, 5) is 16.2. The van der Waals surface area contributed by atoms with Gasteiger partial charge in [0, 0.05) is 18.4 Å². The third-order valence-corrected chi connectivity index (χ3v) is 5.95. The van der Waals surface area contributed by atoms with Gasteiger partial charge >= 0.3 is 0 Å². The Hall–Kier alpha value is -2.29. The van der Waals surface area contributed by atoms with E-state index in [9.17, 15) is 0 Å². The fourth-order valence-electron chi connectivity index (χ4n) is 4.19. The van der Waals surface area contributed by atoms with E-state index >= 15 is 0 Å². The Morgan fingerprint density at radius 3 is 2.77 bits per heavy atom. The van der Waals surface area contributed by atoms with Crippen LogP contribution in [0.25, 0.3) is 11.6 Å². The Kier molecular flexibility index (Phi) is 3.77. The second kappa shape index (κ2) is 6.15. The fraction of sp³-hybridized carbons (Fsp3) is 0.471. The lowest BCUT2D eigenvalue weighted by Gasteiger charge is -2.40. The number of halogens is 1. The molecule has 0 radical (unpaired) electrons. The normalized spacial score (nSPS) is 19.6. The first-order chi connectivity index (χ1) is 12.8. The van der Waals surface area contributed by atoms with Crippen molar-refractivity contribution in [2.45, 2.75) is 51.1 Å².